The average molecular weight is 308 g/mol. The highest BCUT2D eigenvalue weighted by Gasteiger charge is 2.16. The van der Waals surface area contributed by atoms with Crippen molar-refractivity contribution >= 4 is 5.91 Å². The Morgan fingerprint density at radius 3 is 3.05 bits per heavy atom. The SMILES string of the molecule is CN(C)C/C=C/C(=O)NCCc1cc(F)cc2c1OCOC2. The number of nitrogens with one attached hydrogen (secondary N) is 1. The highest BCUT2D eigenvalue weighted by Crippen LogP contribution is 2.29. The number of rotatable bonds is 6. The molecule has 1 aromatic rings. The summed E-state index contributed by atoms with van der Waals surface area (Å²) in [5.41, 5.74) is 1.45. The van der Waals surface area contributed by atoms with E-state index in [0.29, 0.717) is 37.4 Å². The van der Waals surface area contributed by atoms with Crippen molar-refractivity contribution < 1.29 is 18.7 Å². The molecule has 0 saturated heterocycles. The Bertz CT molecular complexity index is 559. The first kappa shape index (κ1) is 16.5. The van der Waals surface area contributed by atoms with Crippen LogP contribution in [0.4, 0.5) is 4.39 Å². The van der Waals surface area contributed by atoms with E-state index in [2.05, 4.69) is 5.32 Å². The zero-order valence-corrected chi connectivity index (χ0v) is 12.9. The molecule has 0 saturated carbocycles. The maximum absolute atomic E-state index is 13.6. The van der Waals surface area contributed by atoms with Gasteiger partial charge in [0.2, 0.25) is 5.91 Å². The molecule has 0 aromatic heterocycles. The van der Waals surface area contributed by atoms with Crippen LogP contribution in [0.15, 0.2) is 24.3 Å². The zero-order valence-electron chi connectivity index (χ0n) is 12.9. The van der Waals surface area contributed by atoms with E-state index >= 15 is 0 Å². The van der Waals surface area contributed by atoms with Gasteiger partial charge in [-0.3, -0.25) is 4.79 Å². The number of ether oxygens (including phenoxy) is 2. The summed E-state index contributed by atoms with van der Waals surface area (Å²) in [4.78, 5) is 13.6. The molecule has 1 aromatic carbocycles. The molecule has 0 fully saturated rings. The number of nitrogens with zero attached hydrogens (tertiary/aromatic N) is 1. The second-order valence-corrected chi connectivity index (χ2v) is 5.37. The molecule has 2 rings (SSSR count). The zero-order chi connectivity index (χ0) is 15.9. The molecule has 5 nitrogen and oxygen atoms in total. The number of benzene rings is 1. The maximum Gasteiger partial charge on any atom is 0.243 e. The quantitative estimate of drug-likeness (QED) is 0.809. The van der Waals surface area contributed by atoms with Gasteiger partial charge in [0.25, 0.3) is 0 Å². The molecule has 0 unspecified atom stereocenters. The van der Waals surface area contributed by atoms with Crippen LogP contribution in [0.5, 0.6) is 5.75 Å². The van der Waals surface area contributed by atoms with Crippen molar-refractivity contribution in [3.8, 4) is 5.75 Å². The number of likely N-dealkylation sites (N-methyl/N-ethyl adjacent to an activating group) is 1. The molecule has 0 spiro atoms. The van der Waals surface area contributed by atoms with Gasteiger partial charge in [0.05, 0.1) is 6.61 Å². The highest BCUT2D eigenvalue weighted by molar-refractivity contribution is 5.87. The van der Waals surface area contributed by atoms with E-state index in [1.54, 1.807) is 6.08 Å². The Labute approximate surface area is 129 Å². The van der Waals surface area contributed by atoms with E-state index < -0.39 is 0 Å². The van der Waals surface area contributed by atoms with Crippen LogP contribution in [0.3, 0.4) is 0 Å². The first-order chi connectivity index (χ1) is 10.6. The number of carbonyl (C=O) groups excluding carboxylic acids is 1. The number of hydrogen-bond donors (Lipinski definition) is 1. The summed E-state index contributed by atoms with van der Waals surface area (Å²) < 4.78 is 24.1. The fourth-order valence-electron chi connectivity index (χ4n) is 2.19. The van der Waals surface area contributed by atoms with Gasteiger partial charge >= 0.3 is 0 Å². The fourth-order valence-corrected chi connectivity index (χ4v) is 2.19. The van der Waals surface area contributed by atoms with Crippen molar-refractivity contribution in [1.29, 1.82) is 0 Å². The number of carbonyl (C=O) groups is 1. The summed E-state index contributed by atoms with van der Waals surface area (Å²) in [6, 6.07) is 2.86. The third-order valence-electron chi connectivity index (χ3n) is 3.19. The van der Waals surface area contributed by atoms with Crippen LogP contribution in [-0.2, 0) is 22.6 Å². The standard InChI is InChI=1S/C16H21FN2O3/c1-19(2)7-3-4-15(20)18-6-5-12-8-14(17)9-13-10-21-11-22-16(12)13/h3-4,8-9H,5-7,10-11H2,1-2H3,(H,18,20)/b4-3+. The molecule has 22 heavy (non-hydrogen) atoms. The van der Waals surface area contributed by atoms with Crippen LogP contribution in [0, 0.1) is 5.82 Å². The van der Waals surface area contributed by atoms with E-state index in [9.17, 15) is 9.18 Å². The number of hydrogen-bond acceptors (Lipinski definition) is 4. The molecular weight excluding hydrogens is 287 g/mol. The number of fused-ring (bicyclic) bond motifs is 1. The summed E-state index contributed by atoms with van der Waals surface area (Å²) in [6.45, 7) is 1.65. The van der Waals surface area contributed by atoms with E-state index in [1.807, 2.05) is 19.0 Å². The lowest BCUT2D eigenvalue weighted by atomic mass is 10.1. The van der Waals surface area contributed by atoms with Crippen molar-refractivity contribution in [2.24, 2.45) is 0 Å². The van der Waals surface area contributed by atoms with Gasteiger partial charge in [-0.1, -0.05) is 6.08 Å². The minimum Gasteiger partial charge on any atom is -0.467 e. The Morgan fingerprint density at radius 2 is 2.27 bits per heavy atom. The Morgan fingerprint density at radius 1 is 1.45 bits per heavy atom. The molecule has 1 heterocycles. The fraction of sp³-hybridized carbons (Fsp3) is 0.438. The summed E-state index contributed by atoms with van der Waals surface area (Å²) in [5.74, 6) is 0.196. The van der Waals surface area contributed by atoms with Gasteiger partial charge in [-0.25, -0.2) is 4.39 Å². The molecule has 0 atom stereocenters. The number of halogens is 1. The van der Waals surface area contributed by atoms with Crippen LogP contribution < -0.4 is 10.1 Å². The molecule has 6 heteroatoms. The van der Waals surface area contributed by atoms with Gasteiger partial charge in [0.15, 0.2) is 6.79 Å². The van der Waals surface area contributed by atoms with Gasteiger partial charge in [-0.05, 0) is 38.2 Å². The summed E-state index contributed by atoms with van der Waals surface area (Å²) in [6.07, 6.45) is 3.80. The average Bonchev–Trinajstić information content (AvgIpc) is 2.46. The Balaban J connectivity index is 1.88. The second-order valence-electron chi connectivity index (χ2n) is 5.37. The predicted octanol–water partition coefficient (Wildman–Crippen LogP) is 1.47. The molecule has 120 valence electrons. The molecule has 0 radical (unpaired) electrons. The lowest BCUT2D eigenvalue weighted by molar-refractivity contribution is -0.116. The van der Waals surface area contributed by atoms with E-state index in [1.165, 1.54) is 18.2 Å². The van der Waals surface area contributed by atoms with Gasteiger partial charge < -0.3 is 19.7 Å². The molecule has 0 aliphatic carbocycles. The van der Waals surface area contributed by atoms with E-state index in [-0.39, 0.29) is 18.5 Å². The predicted molar refractivity (Wildman–Crippen MR) is 81.1 cm³/mol. The van der Waals surface area contributed by atoms with Gasteiger partial charge in [-0.2, -0.15) is 0 Å². The van der Waals surface area contributed by atoms with Crippen LogP contribution in [0.1, 0.15) is 11.1 Å². The van der Waals surface area contributed by atoms with Crippen molar-refractivity contribution in [3.63, 3.8) is 0 Å². The lowest BCUT2D eigenvalue weighted by Gasteiger charge is -2.20. The van der Waals surface area contributed by atoms with Crippen LogP contribution >= 0.6 is 0 Å². The van der Waals surface area contributed by atoms with E-state index in [0.717, 1.165) is 5.56 Å². The van der Waals surface area contributed by atoms with Crippen molar-refractivity contribution in [2.45, 2.75) is 13.0 Å². The molecule has 1 aliphatic rings. The maximum atomic E-state index is 13.6. The molecule has 1 aliphatic heterocycles. The van der Waals surface area contributed by atoms with E-state index in [4.69, 9.17) is 9.47 Å². The topological polar surface area (TPSA) is 50.8 Å². The Hall–Kier alpha value is -1.92. The summed E-state index contributed by atoms with van der Waals surface area (Å²) in [5, 5.41) is 2.78. The van der Waals surface area contributed by atoms with Crippen molar-refractivity contribution in [1.82, 2.24) is 10.2 Å². The van der Waals surface area contributed by atoms with Gasteiger partial charge in [-0.15, -0.1) is 0 Å². The number of amides is 1. The lowest BCUT2D eigenvalue weighted by Crippen LogP contribution is -2.24. The smallest absolute Gasteiger partial charge is 0.243 e. The molecule has 1 amide bonds. The third kappa shape index (κ3) is 4.82. The molecule has 1 N–H and O–H groups in total. The van der Waals surface area contributed by atoms with Crippen molar-refractivity contribution in [3.05, 3.63) is 41.2 Å². The van der Waals surface area contributed by atoms with Crippen molar-refractivity contribution in [2.75, 3.05) is 34.0 Å². The second kappa shape index (κ2) is 7.91. The third-order valence-corrected chi connectivity index (χ3v) is 3.19. The largest absolute Gasteiger partial charge is 0.467 e. The van der Waals surface area contributed by atoms with Gasteiger partial charge in [0.1, 0.15) is 11.6 Å². The monoisotopic (exact) mass is 308 g/mol. The first-order valence-electron chi connectivity index (χ1n) is 7.17. The molecule has 0 bridgehead atoms. The minimum atomic E-state index is -0.319. The first-order valence-corrected chi connectivity index (χ1v) is 7.17. The Kier molecular flexibility index (Phi) is 5.91. The normalized spacial score (nSPS) is 14.0. The van der Waals surface area contributed by atoms with Gasteiger partial charge in [0, 0.05) is 24.7 Å². The summed E-state index contributed by atoms with van der Waals surface area (Å²) >= 11 is 0. The van der Waals surface area contributed by atoms with Crippen LogP contribution in [-0.4, -0.2) is 44.8 Å². The van der Waals surface area contributed by atoms with Crippen LogP contribution in [0.2, 0.25) is 0 Å². The molecular formula is C16H21FN2O3. The summed E-state index contributed by atoms with van der Waals surface area (Å²) in [7, 11) is 3.86. The van der Waals surface area contributed by atoms with Crippen LogP contribution in [0.25, 0.3) is 0 Å². The highest BCUT2D eigenvalue weighted by atomic mass is 19.1. The minimum absolute atomic E-state index is 0.156.